The van der Waals surface area contributed by atoms with Gasteiger partial charge in [-0.3, -0.25) is 0 Å². The Hall–Kier alpha value is 0.170. The normalized spacial score (nSPS) is 33.0. The number of ether oxygens (including phenoxy) is 2. The molecular weight excluding hydrogens is 226 g/mol. The van der Waals surface area contributed by atoms with Crippen LogP contribution in [0.15, 0.2) is 0 Å². The van der Waals surface area contributed by atoms with Crippen molar-refractivity contribution in [3.8, 4) is 0 Å². The van der Waals surface area contributed by atoms with Gasteiger partial charge in [0.05, 0.1) is 11.7 Å². The molecule has 1 spiro atoms. The lowest BCUT2D eigenvalue weighted by Gasteiger charge is -2.57. The molecule has 0 bridgehead atoms. The SMILES string of the molecule is CC(C)(C)O[C@@H]1C[C@@H](N)C12CCOCC2.Cl. The van der Waals surface area contributed by atoms with Gasteiger partial charge in [-0.25, -0.2) is 0 Å². The summed E-state index contributed by atoms with van der Waals surface area (Å²) in [6, 6.07) is 0.314. The van der Waals surface area contributed by atoms with Gasteiger partial charge in [0, 0.05) is 24.7 Å². The molecule has 1 saturated carbocycles. The van der Waals surface area contributed by atoms with Crippen molar-refractivity contribution in [3.05, 3.63) is 0 Å². The summed E-state index contributed by atoms with van der Waals surface area (Å²) >= 11 is 0. The molecule has 16 heavy (non-hydrogen) atoms. The van der Waals surface area contributed by atoms with Gasteiger partial charge in [-0.1, -0.05) is 0 Å². The fourth-order valence-electron chi connectivity index (χ4n) is 2.81. The highest BCUT2D eigenvalue weighted by Crippen LogP contribution is 2.50. The minimum absolute atomic E-state index is 0. The van der Waals surface area contributed by atoms with Crippen LogP contribution in [-0.4, -0.2) is 31.0 Å². The lowest BCUT2D eigenvalue weighted by Crippen LogP contribution is -2.65. The summed E-state index contributed by atoms with van der Waals surface area (Å²) in [6.45, 7) is 8.03. The van der Waals surface area contributed by atoms with Gasteiger partial charge in [-0.05, 0) is 40.0 Å². The first kappa shape index (κ1) is 14.2. The Morgan fingerprint density at radius 3 is 2.25 bits per heavy atom. The van der Waals surface area contributed by atoms with Crippen LogP contribution in [-0.2, 0) is 9.47 Å². The predicted molar refractivity (Wildman–Crippen MR) is 67.0 cm³/mol. The molecule has 4 heteroatoms. The van der Waals surface area contributed by atoms with Crippen LogP contribution in [0.5, 0.6) is 0 Å². The third-order valence-electron chi connectivity index (χ3n) is 3.77. The molecule has 2 fully saturated rings. The summed E-state index contributed by atoms with van der Waals surface area (Å²) in [5.41, 5.74) is 6.32. The van der Waals surface area contributed by atoms with E-state index in [4.69, 9.17) is 15.2 Å². The molecule has 0 amide bonds. The molecule has 1 saturated heterocycles. The van der Waals surface area contributed by atoms with E-state index in [0.29, 0.717) is 12.1 Å². The summed E-state index contributed by atoms with van der Waals surface area (Å²) in [4.78, 5) is 0. The molecule has 0 radical (unpaired) electrons. The molecule has 0 aromatic carbocycles. The lowest BCUT2D eigenvalue weighted by molar-refractivity contribution is -0.205. The highest BCUT2D eigenvalue weighted by Gasteiger charge is 2.55. The van der Waals surface area contributed by atoms with E-state index in [1.165, 1.54) is 0 Å². The van der Waals surface area contributed by atoms with E-state index in [2.05, 4.69) is 20.8 Å². The van der Waals surface area contributed by atoms with E-state index < -0.39 is 0 Å². The average molecular weight is 250 g/mol. The molecular formula is C12H24ClNO2. The summed E-state index contributed by atoms with van der Waals surface area (Å²) in [5, 5.41) is 0. The van der Waals surface area contributed by atoms with Crippen LogP contribution in [0.3, 0.4) is 0 Å². The topological polar surface area (TPSA) is 44.5 Å². The van der Waals surface area contributed by atoms with E-state index in [1.807, 2.05) is 0 Å². The van der Waals surface area contributed by atoms with Gasteiger partial charge in [0.2, 0.25) is 0 Å². The summed E-state index contributed by atoms with van der Waals surface area (Å²) in [6.07, 6.45) is 3.48. The number of rotatable bonds is 1. The maximum Gasteiger partial charge on any atom is 0.0669 e. The fourth-order valence-corrected chi connectivity index (χ4v) is 2.81. The van der Waals surface area contributed by atoms with Gasteiger partial charge in [-0.2, -0.15) is 0 Å². The van der Waals surface area contributed by atoms with Crippen molar-refractivity contribution in [1.29, 1.82) is 0 Å². The minimum atomic E-state index is -0.0594. The Morgan fingerprint density at radius 2 is 1.81 bits per heavy atom. The Bertz CT molecular complexity index is 234. The van der Waals surface area contributed by atoms with Crippen molar-refractivity contribution in [2.45, 2.75) is 57.8 Å². The van der Waals surface area contributed by atoms with Gasteiger partial charge in [-0.15, -0.1) is 12.4 Å². The fraction of sp³-hybridized carbons (Fsp3) is 1.00. The largest absolute Gasteiger partial charge is 0.381 e. The van der Waals surface area contributed by atoms with Crippen molar-refractivity contribution in [2.24, 2.45) is 11.1 Å². The zero-order valence-corrected chi connectivity index (χ0v) is 11.3. The van der Waals surface area contributed by atoms with E-state index in [-0.39, 0.29) is 23.4 Å². The van der Waals surface area contributed by atoms with E-state index >= 15 is 0 Å². The van der Waals surface area contributed by atoms with Crippen molar-refractivity contribution in [3.63, 3.8) is 0 Å². The van der Waals surface area contributed by atoms with E-state index in [0.717, 1.165) is 32.5 Å². The molecule has 0 aromatic heterocycles. The van der Waals surface area contributed by atoms with Crippen molar-refractivity contribution < 1.29 is 9.47 Å². The Kier molecular flexibility index (Phi) is 4.28. The summed E-state index contributed by atoms with van der Waals surface area (Å²) in [7, 11) is 0. The summed E-state index contributed by atoms with van der Waals surface area (Å²) < 4.78 is 11.5. The van der Waals surface area contributed by atoms with Gasteiger partial charge in [0.1, 0.15) is 0 Å². The third-order valence-corrected chi connectivity index (χ3v) is 3.77. The van der Waals surface area contributed by atoms with Gasteiger partial charge in [0.25, 0.3) is 0 Å². The smallest absolute Gasteiger partial charge is 0.0669 e. The molecule has 2 rings (SSSR count). The Labute approximate surface area is 104 Å². The van der Waals surface area contributed by atoms with Crippen LogP contribution < -0.4 is 5.73 Å². The first-order chi connectivity index (χ1) is 6.94. The van der Waals surface area contributed by atoms with Crippen LogP contribution in [0.1, 0.15) is 40.0 Å². The molecule has 0 unspecified atom stereocenters. The first-order valence-corrected chi connectivity index (χ1v) is 5.95. The predicted octanol–water partition coefficient (Wildman–Crippen LogP) is 2.12. The van der Waals surface area contributed by atoms with Crippen LogP contribution in [0.2, 0.25) is 0 Å². The number of nitrogens with two attached hydrogens (primary N) is 1. The van der Waals surface area contributed by atoms with Crippen molar-refractivity contribution >= 4 is 12.4 Å². The zero-order chi connectivity index (χ0) is 11.1. The van der Waals surface area contributed by atoms with Crippen molar-refractivity contribution in [2.75, 3.05) is 13.2 Å². The molecule has 1 aliphatic carbocycles. The van der Waals surface area contributed by atoms with Crippen LogP contribution in [0.25, 0.3) is 0 Å². The van der Waals surface area contributed by atoms with Gasteiger partial charge in [0.15, 0.2) is 0 Å². The molecule has 1 aliphatic heterocycles. The molecule has 2 atom stereocenters. The maximum atomic E-state index is 6.16. The van der Waals surface area contributed by atoms with Crippen molar-refractivity contribution in [1.82, 2.24) is 0 Å². The maximum absolute atomic E-state index is 6.16. The third kappa shape index (κ3) is 2.53. The second-order valence-electron chi connectivity index (χ2n) is 5.91. The lowest BCUT2D eigenvalue weighted by atomic mass is 9.58. The Morgan fingerprint density at radius 1 is 1.25 bits per heavy atom. The molecule has 3 nitrogen and oxygen atoms in total. The molecule has 96 valence electrons. The van der Waals surface area contributed by atoms with E-state index in [1.54, 1.807) is 0 Å². The highest BCUT2D eigenvalue weighted by atomic mass is 35.5. The number of hydrogen-bond acceptors (Lipinski definition) is 3. The zero-order valence-electron chi connectivity index (χ0n) is 10.5. The number of hydrogen-bond donors (Lipinski definition) is 1. The first-order valence-electron chi connectivity index (χ1n) is 5.95. The molecule has 0 aromatic rings. The molecule has 2 N–H and O–H groups in total. The Balaban J connectivity index is 0.00000128. The highest BCUT2D eigenvalue weighted by molar-refractivity contribution is 5.85. The standard InChI is InChI=1S/C12H23NO2.ClH/c1-11(2,3)15-10-8-9(13)12(10)4-6-14-7-5-12;/h9-10H,4-8,13H2,1-3H3;1H/t9-,10-;/m1./s1. The van der Waals surface area contributed by atoms with Crippen LogP contribution >= 0.6 is 12.4 Å². The summed E-state index contributed by atoms with van der Waals surface area (Å²) in [5.74, 6) is 0. The van der Waals surface area contributed by atoms with Crippen LogP contribution in [0.4, 0.5) is 0 Å². The quantitative estimate of drug-likeness (QED) is 0.774. The van der Waals surface area contributed by atoms with E-state index in [9.17, 15) is 0 Å². The van der Waals surface area contributed by atoms with Gasteiger partial charge < -0.3 is 15.2 Å². The second kappa shape index (κ2) is 4.81. The molecule has 2 aliphatic rings. The monoisotopic (exact) mass is 249 g/mol. The number of halogens is 1. The molecule has 1 heterocycles. The van der Waals surface area contributed by atoms with Crippen LogP contribution in [0, 0.1) is 5.41 Å². The van der Waals surface area contributed by atoms with Gasteiger partial charge >= 0.3 is 0 Å². The second-order valence-corrected chi connectivity index (χ2v) is 5.91. The average Bonchev–Trinajstić information content (AvgIpc) is 2.17. The minimum Gasteiger partial charge on any atom is -0.381 e.